The number of carboxylic acids is 1. The molecule has 0 aliphatic heterocycles. The number of aliphatic carboxylic acids is 1. The molecule has 0 radical (unpaired) electrons. The summed E-state index contributed by atoms with van der Waals surface area (Å²) in [6, 6.07) is 0. The van der Waals surface area contributed by atoms with E-state index in [1.807, 2.05) is 0 Å². The largest absolute Gasteiger partial charge is 0.481 e. The molecule has 2 aliphatic rings. The van der Waals surface area contributed by atoms with Crippen LogP contribution < -0.4 is 0 Å². The number of carbonyl (C=O) groups is 1. The van der Waals surface area contributed by atoms with Gasteiger partial charge in [-0.2, -0.15) is 0 Å². The summed E-state index contributed by atoms with van der Waals surface area (Å²) in [7, 11) is 0. The van der Waals surface area contributed by atoms with E-state index in [0.29, 0.717) is 12.8 Å². The highest BCUT2D eigenvalue weighted by Gasteiger charge is 2.56. The molecule has 0 saturated heterocycles. The van der Waals surface area contributed by atoms with E-state index in [1.165, 1.54) is 0 Å². The molecular formula is C9H12F2O2. The summed E-state index contributed by atoms with van der Waals surface area (Å²) in [4.78, 5) is 10.6. The first-order valence-corrected chi connectivity index (χ1v) is 4.62. The fraction of sp³-hybridized carbons (Fsp3) is 0.889. The second-order valence-electron chi connectivity index (χ2n) is 4.15. The second kappa shape index (κ2) is 2.66. The zero-order chi connectivity index (χ0) is 9.64. The first kappa shape index (κ1) is 8.91. The minimum Gasteiger partial charge on any atom is -0.481 e. The number of hydrogen-bond donors (Lipinski definition) is 1. The van der Waals surface area contributed by atoms with Crippen molar-refractivity contribution in [2.24, 2.45) is 17.8 Å². The Labute approximate surface area is 74.9 Å². The highest BCUT2D eigenvalue weighted by atomic mass is 19.3. The van der Waals surface area contributed by atoms with Crippen LogP contribution in [0.15, 0.2) is 0 Å². The summed E-state index contributed by atoms with van der Waals surface area (Å²) in [5.41, 5.74) is 0. The second-order valence-corrected chi connectivity index (χ2v) is 4.15. The topological polar surface area (TPSA) is 37.3 Å². The van der Waals surface area contributed by atoms with E-state index < -0.39 is 29.6 Å². The zero-order valence-corrected chi connectivity index (χ0v) is 7.17. The molecule has 0 aromatic carbocycles. The molecular weight excluding hydrogens is 178 g/mol. The summed E-state index contributed by atoms with van der Waals surface area (Å²) < 4.78 is 26.6. The van der Waals surface area contributed by atoms with Crippen LogP contribution in [-0.2, 0) is 4.79 Å². The first-order valence-electron chi connectivity index (χ1n) is 4.62. The van der Waals surface area contributed by atoms with Crippen LogP contribution in [0.1, 0.15) is 25.7 Å². The molecule has 2 saturated carbocycles. The quantitative estimate of drug-likeness (QED) is 0.687. The maximum atomic E-state index is 13.3. The summed E-state index contributed by atoms with van der Waals surface area (Å²) in [5.74, 6) is -5.38. The third kappa shape index (κ3) is 1.23. The number of fused-ring (bicyclic) bond motifs is 2. The van der Waals surface area contributed by atoms with E-state index in [0.717, 1.165) is 0 Å². The average molecular weight is 190 g/mol. The average Bonchev–Trinajstić information content (AvgIpc) is 2.24. The van der Waals surface area contributed by atoms with Crippen LogP contribution in [0, 0.1) is 17.8 Å². The molecule has 2 bridgehead atoms. The van der Waals surface area contributed by atoms with Crippen molar-refractivity contribution in [3.63, 3.8) is 0 Å². The van der Waals surface area contributed by atoms with Crippen LogP contribution in [-0.4, -0.2) is 17.0 Å². The maximum Gasteiger partial charge on any atom is 0.306 e. The van der Waals surface area contributed by atoms with Crippen molar-refractivity contribution in [3.05, 3.63) is 0 Å². The van der Waals surface area contributed by atoms with Gasteiger partial charge in [-0.1, -0.05) is 0 Å². The number of carboxylic acid groups (broad SMARTS) is 1. The monoisotopic (exact) mass is 190 g/mol. The summed E-state index contributed by atoms with van der Waals surface area (Å²) in [6.07, 6.45) is 1.33. The minimum atomic E-state index is -2.59. The highest BCUT2D eigenvalue weighted by molar-refractivity contribution is 5.70. The Morgan fingerprint density at radius 2 is 1.69 bits per heavy atom. The lowest BCUT2D eigenvalue weighted by Crippen LogP contribution is -2.39. The molecule has 3 atom stereocenters. The van der Waals surface area contributed by atoms with Gasteiger partial charge in [-0.3, -0.25) is 4.79 Å². The Balaban J connectivity index is 2.15. The number of hydrogen-bond acceptors (Lipinski definition) is 1. The SMILES string of the molecule is O=C(O)[C@H]1C[C@H]2CC[C@@H](C1)C2(F)F. The molecule has 0 aromatic heterocycles. The van der Waals surface area contributed by atoms with Gasteiger partial charge in [0.1, 0.15) is 0 Å². The predicted octanol–water partition coefficient (Wildman–Crippen LogP) is 2.14. The van der Waals surface area contributed by atoms with Gasteiger partial charge >= 0.3 is 5.97 Å². The van der Waals surface area contributed by atoms with Crippen LogP contribution in [0.25, 0.3) is 0 Å². The van der Waals surface area contributed by atoms with Gasteiger partial charge in [0.2, 0.25) is 0 Å². The molecule has 0 unspecified atom stereocenters. The number of rotatable bonds is 1. The van der Waals surface area contributed by atoms with Gasteiger partial charge < -0.3 is 5.11 Å². The fourth-order valence-electron chi connectivity index (χ4n) is 2.66. The van der Waals surface area contributed by atoms with E-state index in [4.69, 9.17) is 5.11 Å². The van der Waals surface area contributed by atoms with Gasteiger partial charge in [-0.25, -0.2) is 8.78 Å². The van der Waals surface area contributed by atoms with E-state index >= 15 is 0 Å². The van der Waals surface area contributed by atoms with E-state index in [-0.39, 0.29) is 12.8 Å². The molecule has 2 nitrogen and oxygen atoms in total. The van der Waals surface area contributed by atoms with E-state index in [1.54, 1.807) is 0 Å². The minimum absolute atomic E-state index is 0.166. The van der Waals surface area contributed by atoms with Gasteiger partial charge in [0.15, 0.2) is 0 Å². The van der Waals surface area contributed by atoms with Crippen molar-refractivity contribution in [2.45, 2.75) is 31.6 Å². The van der Waals surface area contributed by atoms with Crippen LogP contribution in [0.4, 0.5) is 8.78 Å². The Kier molecular flexibility index (Phi) is 1.82. The van der Waals surface area contributed by atoms with E-state index in [9.17, 15) is 13.6 Å². The van der Waals surface area contributed by atoms with Crippen LogP contribution in [0.5, 0.6) is 0 Å². The zero-order valence-electron chi connectivity index (χ0n) is 7.17. The molecule has 2 fully saturated rings. The summed E-state index contributed by atoms with van der Waals surface area (Å²) in [6.45, 7) is 0. The Morgan fingerprint density at radius 3 is 2.08 bits per heavy atom. The lowest BCUT2D eigenvalue weighted by atomic mass is 9.78. The summed E-state index contributed by atoms with van der Waals surface area (Å²) >= 11 is 0. The molecule has 0 amide bonds. The van der Waals surface area contributed by atoms with Crippen molar-refractivity contribution in [3.8, 4) is 0 Å². The molecule has 13 heavy (non-hydrogen) atoms. The highest BCUT2D eigenvalue weighted by Crippen LogP contribution is 2.54. The third-order valence-electron chi connectivity index (χ3n) is 3.44. The van der Waals surface area contributed by atoms with Gasteiger partial charge in [0, 0.05) is 11.8 Å². The standard InChI is InChI=1S/C9H12F2O2/c10-9(11)6-1-2-7(9)4-5(3-6)8(12)13/h5-7H,1-4H2,(H,12,13)/t5-,6+,7-. The van der Waals surface area contributed by atoms with Crippen molar-refractivity contribution in [2.75, 3.05) is 0 Å². The van der Waals surface area contributed by atoms with E-state index in [2.05, 4.69) is 0 Å². The normalized spacial score (nSPS) is 41.8. The number of alkyl halides is 2. The number of halogens is 2. The molecule has 74 valence electrons. The van der Waals surface area contributed by atoms with Crippen LogP contribution in [0.3, 0.4) is 0 Å². The molecule has 4 heteroatoms. The van der Waals surface area contributed by atoms with Crippen molar-refractivity contribution >= 4 is 5.97 Å². The van der Waals surface area contributed by atoms with Crippen molar-refractivity contribution in [1.82, 2.24) is 0 Å². The Morgan fingerprint density at radius 1 is 1.23 bits per heavy atom. The third-order valence-corrected chi connectivity index (χ3v) is 3.44. The van der Waals surface area contributed by atoms with Gasteiger partial charge in [-0.15, -0.1) is 0 Å². The Bertz CT molecular complexity index is 224. The van der Waals surface area contributed by atoms with Crippen molar-refractivity contribution < 1.29 is 18.7 Å². The predicted molar refractivity (Wildman–Crippen MR) is 41.5 cm³/mol. The lowest BCUT2D eigenvalue weighted by Gasteiger charge is -2.33. The smallest absolute Gasteiger partial charge is 0.306 e. The molecule has 1 N–H and O–H groups in total. The van der Waals surface area contributed by atoms with Crippen molar-refractivity contribution in [1.29, 1.82) is 0 Å². The maximum absolute atomic E-state index is 13.3. The Hall–Kier alpha value is -0.670. The fourth-order valence-corrected chi connectivity index (χ4v) is 2.66. The first-order chi connectivity index (χ1) is 6.01. The van der Waals surface area contributed by atoms with Gasteiger partial charge in [-0.05, 0) is 25.7 Å². The van der Waals surface area contributed by atoms with Crippen LogP contribution in [0.2, 0.25) is 0 Å². The molecule has 0 spiro atoms. The molecule has 2 aliphatic carbocycles. The molecule has 2 rings (SSSR count). The summed E-state index contributed by atoms with van der Waals surface area (Å²) in [5, 5.41) is 8.73. The molecule has 0 aromatic rings. The lowest BCUT2D eigenvalue weighted by molar-refractivity contribution is -0.153. The van der Waals surface area contributed by atoms with Gasteiger partial charge in [0.05, 0.1) is 5.92 Å². The molecule has 0 heterocycles. The van der Waals surface area contributed by atoms with Crippen LogP contribution >= 0.6 is 0 Å². The van der Waals surface area contributed by atoms with Gasteiger partial charge in [0.25, 0.3) is 5.92 Å².